The summed E-state index contributed by atoms with van der Waals surface area (Å²) in [7, 11) is 1.67. The van der Waals surface area contributed by atoms with Crippen molar-refractivity contribution in [2.45, 2.75) is 26.3 Å². The Kier molecular flexibility index (Phi) is 5.57. The van der Waals surface area contributed by atoms with Crippen LogP contribution in [0.4, 0.5) is 0 Å². The fraction of sp³-hybridized carbons (Fsp3) is 0.462. The van der Waals surface area contributed by atoms with Crippen molar-refractivity contribution >= 4 is 5.78 Å². The Labute approximate surface area is 96.8 Å². The molecule has 0 unspecified atom stereocenters. The number of hydrogen-bond acceptors (Lipinski definition) is 3. The standard InChI is InChI=1S/C13H19NO2/c1-11(15)5-4-8-14-10-12-6-3-7-13(9-12)16-2/h3,6-7,9,14H,4-5,8,10H2,1-2H3. The molecule has 0 saturated carbocycles. The Bertz CT molecular complexity index is 336. The summed E-state index contributed by atoms with van der Waals surface area (Å²) in [4.78, 5) is 10.7. The lowest BCUT2D eigenvalue weighted by molar-refractivity contribution is -0.117. The Morgan fingerprint density at radius 1 is 1.44 bits per heavy atom. The maximum absolute atomic E-state index is 10.7. The molecular weight excluding hydrogens is 202 g/mol. The van der Waals surface area contributed by atoms with Crippen LogP contribution in [-0.4, -0.2) is 19.4 Å². The SMILES string of the molecule is COc1cccc(CNCCCC(C)=O)c1. The Morgan fingerprint density at radius 2 is 2.25 bits per heavy atom. The van der Waals surface area contributed by atoms with E-state index < -0.39 is 0 Å². The van der Waals surface area contributed by atoms with Crippen LogP contribution in [0.2, 0.25) is 0 Å². The minimum absolute atomic E-state index is 0.253. The molecule has 0 spiro atoms. The van der Waals surface area contributed by atoms with Crippen LogP contribution in [0.25, 0.3) is 0 Å². The number of hydrogen-bond donors (Lipinski definition) is 1. The Balaban J connectivity index is 2.23. The van der Waals surface area contributed by atoms with Crippen LogP contribution in [0.5, 0.6) is 5.75 Å². The number of nitrogens with one attached hydrogen (secondary N) is 1. The van der Waals surface area contributed by atoms with Gasteiger partial charge in [-0.05, 0) is 37.6 Å². The van der Waals surface area contributed by atoms with Crippen LogP contribution < -0.4 is 10.1 Å². The zero-order valence-corrected chi connectivity index (χ0v) is 9.95. The minimum atomic E-state index is 0.253. The monoisotopic (exact) mass is 221 g/mol. The van der Waals surface area contributed by atoms with Crippen LogP contribution in [0.15, 0.2) is 24.3 Å². The van der Waals surface area contributed by atoms with Gasteiger partial charge in [-0.25, -0.2) is 0 Å². The fourth-order valence-corrected chi connectivity index (χ4v) is 1.48. The smallest absolute Gasteiger partial charge is 0.129 e. The van der Waals surface area contributed by atoms with Crippen molar-refractivity contribution in [2.24, 2.45) is 0 Å². The molecule has 1 aromatic carbocycles. The zero-order chi connectivity index (χ0) is 11.8. The van der Waals surface area contributed by atoms with Crippen LogP contribution in [-0.2, 0) is 11.3 Å². The number of carbonyl (C=O) groups is 1. The second-order valence-corrected chi connectivity index (χ2v) is 3.83. The highest BCUT2D eigenvalue weighted by atomic mass is 16.5. The van der Waals surface area contributed by atoms with Crippen LogP contribution >= 0.6 is 0 Å². The van der Waals surface area contributed by atoms with Crippen LogP contribution in [0.3, 0.4) is 0 Å². The van der Waals surface area contributed by atoms with Gasteiger partial charge in [0.2, 0.25) is 0 Å². The van der Waals surface area contributed by atoms with E-state index in [0.29, 0.717) is 6.42 Å². The second-order valence-electron chi connectivity index (χ2n) is 3.83. The summed E-state index contributed by atoms with van der Waals surface area (Å²) in [6.45, 7) is 3.31. The largest absolute Gasteiger partial charge is 0.497 e. The van der Waals surface area contributed by atoms with Gasteiger partial charge >= 0.3 is 0 Å². The fourth-order valence-electron chi connectivity index (χ4n) is 1.48. The summed E-state index contributed by atoms with van der Waals surface area (Å²) < 4.78 is 5.14. The average Bonchev–Trinajstić information content (AvgIpc) is 2.28. The van der Waals surface area contributed by atoms with Gasteiger partial charge in [0.15, 0.2) is 0 Å². The van der Waals surface area contributed by atoms with Crippen molar-refractivity contribution in [1.29, 1.82) is 0 Å². The number of methoxy groups -OCH3 is 1. The lowest BCUT2D eigenvalue weighted by Crippen LogP contribution is -2.15. The lowest BCUT2D eigenvalue weighted by Gasteiger charge is -2.06. The van der Waals surface area contributed by atoms with Gasteiger partial charge in [0.25, 0.3) is 0 Å². The molecular formula is C13H19NO2. The molecule has 1 aromatic rings. The van der Waals surface area contributed by atoms with E-state index in [1.807, 2.05) is 18.2 Å². The lowest BCUT2D eigenvalue weighted by atomic mass is 10.2. The van der Waals surface area contributed by atoms with E-state index in [9.17, 15) is 4.79 Å². The Hall–Kier alpha value is -1.35. The molecule has 0 radical (unpaired) electrons. The van der Waals surface area contributed by atoms with Gasteiger partial charge in [-0.1, -0.05) is 12.1 Å². The number of carbonyl (C=O) groups excluding carboxylic acids is 1. The molecule has 3 nitrogen and oxygen atoms in total. The molecule has 0 aliphatic heterocycles. The summed E-state index contributed by atoms with van der Waals surface area (Å²) in [5, 5.41) is 3.30. The van der Waals surface area contributed by atoms with Crippen molar-refractivity contribution in [3.8, 4) is 5.75 Å². The summed E-state index contributed by atoms with van der Waals surface area (Å²) in [5.74, 6) is 1.13. The number of ketones is 1. The third kappa shape index (κ3) is 4.94. The predicted molar refractivity (Wildman–Crippen MR) is 64.6 cm³/mol. The molecule has 0 heterocycles. The number of ether oxygens (including phenoxy) is 1. The third-order valence-corrected chi connectivity index (χ3v) is 2.35. The Morgan fingerprint density at radius 3 is 2.94 bits per heavy atom. The molecule has 0 saturated heterocycles. The second kappa shape index (κ2) is 7.01. The van der Waals surface area contributed by atoms with E-state index >= 15 is 0 Å². The zero-order valence-electron chi connectivity index (χ0n) is 9.95. The van der Waals surface area contributed by atoms with E-state index in [1.54, 1.807) is 14.0 Å². The summed E-state index contributed by atoms with van der Waals surface area (Å²) in [6, 6.07) is 7.98. The number of benzene rings is 1. The minimum Gasteiger partial charge on any atom is -0.497 e. The predicted octanol–water partition coefficient (Wildman–Crippen LogP) is 2.15. The van der Waals surface area contributed by atoms with Gasteiger partial charge in [0.05, 0.1) is 7.11 Å². The highest BCUT2D eigenvalue weighted by molar-refractivity contribution is 5.75. The van der Waals surface area contributed by atoms with Gasteiger partial charge in [-0.3, -0.25) is 0 Å². The molecule has 0 atom stereocenters. The molecule has 0 bridgehead atoms. The first-order valence-electron chi connectivity index (χ1n) is 5.55. The molecule has 0 amide bonds. The van der Waals surface area contributed by atoms with Gasteiger partial charge < -0.3 is 14.8 Å². The van der Waals surface area contributed by atoms with Gasteiger partial charge in [-0.15, -0.1) is 0 Å². The van der Waals surface area contributed by atoms with Crippen molar-refractivity contribution < 1.29 is 9.53 Å². The van der Waals surface area contributed by atoms with Gasteiger partial charge in [0, 0.05) is 13.0 Å². The summed E-state index contributed by atoms with van der Waals surface area (Å²) in [5.41, 5.74) is 1.20. The quantitative estimate of drug-likeness (QED) is 0.717. The molecule has 3 heteroatoms. The van der Waals surface area contributed by atoms with E-state index in [2.05, 4.69) is 11.4 Å². The number of rotatable bonds is 7. The molecule has 0 aliphatic rings. The maximum Gasteiger partial charge on any atom is 0.129 e. The first kappa shape index (κ1) is 12.7. The molecule has 1 rings (SSSR count). The molecule has 16 heavy (non-hydrogen) atoms. The molecule has 0 aromatic heterocycles. The molecule has 0 fully saturated rings. The van der Waals surface area contributed by atoms with E-state index in [0.717, 1.165) is 25.3 Å². The van der Waals surface area contributed by atoms with Crippen LogP contribution in [0.1, 0.15) is 25.3 Å². The van der Waals surface area contributed by atoms with Crippen molar-refractivity contribution in [3.05, 3.63) is 29.8 Å². The van der Waals surface area contributed by atoms with E-state index in [4.69, 9.17) is 4.74 Å². The van der Waals surface area contributed by atoms with E-state index in [-0.39, 0.29) is 5.78 Å². The third-order valence-electron chi connectivity index (χ3n) is 2.35. The summed E-state index contributed by atoms with van der Waals surface area (Å²) >= 11 is 0. The van der Waals surface area contributed by atoms with Gasteiger partial charge in [0.1, 0.15) is 11.5 Å². The topological polar surface area (TPSA) is 38.3 Å². The first-order valence-corrected chi connectivity index (χ1v) is 5.55. The van der Waals surface area contributed by atoms with Crippen molar-refractivity contribution in [1.82, 2.24) is 5.32 Å². The molecule has 0 aliphatic carbocycles. The van der Waals surface area contributed by atoms with Crippen LogP contribution in [0, 0.1) is 0 Å². The van der Waals surface area contributed by atoms with Crippen molar-refractivity contribution in [2.75, 3.05) is 13.7 Å². The van der Waals surface area contributed by atoms with Gasteiger partial charge in [-0.2, -0.15) is 0 Å². The number of Topliss-reactive ketones (excluding diaryl/α,β-unsaturated/α-hetero) is 1. The molecule has 1 N–H and O–H groups in total. The van der Waals surface area contributed by atoms with Crippen molar-refractivity contribution in [3.63, 3.8) is 0 Å². The average molecular weight is 221 g/mol. The highest BCUT2D eigenvalue weighted by Crippen LogP contribution is 2.11. The van der Waals surface area contributed by atoms with E-state index in [1.165, 1.54) is 5.56 Å². The normalized spacial score (nSPS) is 10.1. The molecule has 88 valence electrons. The maximum atomic E-state index is 10.7. The summed E-state index contributed by atoms with van der Waals surface area (Å²) in [6.07, 6.45) is 1.56. The first-order chi connectivity index (χ1) is 7.72. The highest BCUT2D eigenvalue weighted by Gasteiger charge is 1.96.